The maximum atomic E-state index is 12.6. The van der Waals surface area contributed by atoms with E-state index in [0.29, 0.717) is 0 Å². The minimum absolute atomic E-state index is 0.744. The molecule has 0 aromatic rings. The Morgan fingerprint density at radius 2 is 1.73 bits per heavy atom. The maximum Gasteiger partial charge on any atom is 0.189 e. The average molecular weight is 166 g/mol. The third kappa shape index (κ3) is 1.51. The molecule has 0 aliphatic carbocycles. The monoisotopic (exact) mass is 166 g/mol. The summed E-state index contributed by atoms with van der Waals surface area (Å²) in [7, 11) is 0. The predicted molar refractivity (Wildman–Crippen MR) is 33.5 cm³/mol. The first-order valence-electron chi connectivity index (χ1n) is 3.37. The highest BCUT2D eigenvalue weighted by Crippen LogP contribution is 2.21. The molecule has 0 bridgehead atoms. The zero-order valence-electron chi connectivity index (χ0n) is 6.01. The normalized spacial score (nSPS) is 52.6. The van der Waals surface area contributed by atoms with Gasteiger partial charge in [0.2, 0.25) is 0 Å². The molecule has 1 unspecified atom stereocenters. The number of hydrogen-bond donors (Lipinski definition) is 3. The van der Waals surface area contributed by atoms with Crippen LogP contribution >= 0.6 is 0 Å². The molecule has 1 rings (SSSR count). The first-order chi connectivity index (χ1) is 5.04. The van der Waals surface area contributed by atoms with Gasteiger partial charge in [0.1, 0.15) is 12.2 Å². The second-order valence-electron chi connectivity index (χ2n) is 2.66. The molecule has 66 valence electrons. The van der Waals surface area contributed by atoms with E-state index in [1.54, 1.807) is 0 Å². The number of ether oxygens (including phenoxy) is 1. The van der Waals surface area contributed by atoms with Crippen LogP contribution in [-0.4, -0.2) is 46.1 Å². The van der Waals surface area contributed by atoms with Crippen LogP contribution in [0.25, 0.3) is 0 Å². The smallest absolute Gasteiger partial charge is 0.189 e. The summed E-state index contributed by atoms with van der Waals surface area (Å²) in [4.78, 5) is 0. The molecule has 0 aromatic heterocycles. The highest BCUT2D eigenvalue weighted by molar-refractivity contribution is 4.86. The van der Waals surface area contributed by atoms with Crippen molar-refractivity contribution in [2.45, 2.75) is 37.7 Å². The third-order valence-corrected chi connectivity index (χ3v) is 1.78. The van der Waals surface area contributed by atoms with Gasteiger partial charge in [-0.2, -0.15) is 0 Å². The number of aliphatic hydroxyl groups is 3. The summed E-state index contributed by atoms with van der Waals surface area (Å²) in [5.41, 5.74) is 0. The summed E-state index contributed by atoms with van der Waals surface area (Å²) >= 11 is 0. The molecule has 0 radical (unpaired) electrons. The lowest BCUT2D eigenvalue weighted by Crippen LogP contribution is -2.54. The van der Waals surface area contributed by atoms with E-state index in [0.717, 1.165) is 0 Å². The summed E-state index contributed by atoms with van der Waals surface area (Å²) < 4.78 is 17.2. The van der Waals surface area contributed by atoms with Crippen molar-refractivity contribution in [3.8, 4) is 0 Å². The van der Waals surface area contributed by atoms with Crippen LogP contribution < -0.4 is 0 Å². The van der Waals surface area contributed by atoms with Crippen LogP contribution in [0.1, 0.15) is 6.92 Å². The Morgan fingerprint density at radius 3 is 2.27 bits per heavy atom. The summed E-state index contributed by atoms with van der Waals surface area (Å²) in [6, 6.07) is 0. The second-order valence-corrected chi connectivity index (χ2v) is 2.66. The van der Waals surface area contributed by atoms with Gasteiger partial charge in [-0.05, 0) is 6.92 Å². The highest BCUT2D eigenvalue weighted by Gasteiger charge is 2.42. The van der Waals surface area contributed by atoms with Crippen molar-refractivity contribution in [2.24, 2.45) is 0 Å². The molecule has 5 heteroatoms. The predicted octanol–water partition coefficient (Wildman–Crippen LogP) is -1.22. The number of aliphatic hydroxyl groups excluding tert-OH is 3. The Labute approximate surface area is 63.2 Å². The van der Waals surface area contributed by atoms with E-state index in [1.165, 1.54) is 6.92 Å². The van der Waals surface area contributed by atoms with Crippen molar-refractivity contribution >= 4 is 0 Å². The molecule has 3 N–H and O–H groups in total. The SMILES string of the molecule is C[C@@H]1OC(O)[C@H](F)[C@H](O)[C@H]1O. The molecular weight excluding hydrogens is 155 g/mol. The Balaban J connectivity index is 2.63. The van der Waals surface area contributed by atoms with Gasteiger partial charge in [-0.15, -0.1) is 0 Å². The summed E-state index contributed by atoms with van der Waals surface area (Å²) in [5.74, 6) is 0. The van der Waals surface area contributed by atoms with Gasteiger partial charge in [-0.25, -0.2) is 4.39 Å². The van der Waals surface area contributed by atoms with Crippen LogP contribution in [0.2, 0.25) is 0 Å². The highest BCUT2D eigenvalue weighted by atomic mass is 19.1. The van der Waals surface area contributed by atoms with Crippen molar-refractivity contribution in [3.63, 3.8) is 0 Å². The number of halogens is 1. The number of hydrogen-bond acceptors (Lipinski definition) is 4. The molecular formula is C6H11FO4. The topological polar surface area (TPSA) is 69.9 Å². The molecule has 0 aromatic carbocycles. The molecule has 5 atom stereocenters. The van der Waals surface area contributed by atoms with Crippen molar-refractivity contribution in [2.75, 3.05) is 0 Å². The molecule has 1 heterocycles. The zero-order chi connectivity index (χ0) is 8.59. The number of alkyl halides is 1. The fourth-order valence-corrected chi connectivity index (χ4v) is 1.01. The summed E-state index contributed by atoms with van der Waals surface area (Å²) in [6.07, 6.45) is -7.14. The molecule has 0 amide bonds. The largest absolute Gasteiger partial charge is 0.388 e. The second kappa shape index (κ2) is 3.02. The first kappa shape index (κ1) is 8.86. The molecule has 1 fully saturated rings. The van der Waals surface area contributed by atoms with E-state index >= 15 is 0 Å². The minimum Gasteiger partial charge on any atom is -0.388 e. The lowest BCUT2D eigenvalue weighted by molar-refractivity contribution is -0.261. The van der Waals surface area contributed by atoms with Crippen molar-refractivity contribution in [1.82, 2.24) is 0 Å². The Kier molecular flexibility index (Phi) is 2.43. The average Bonchev–Trinajstić information content (AvgIpc) is 1.97. The maximum absolute atomic E-state index is 12.6. The lowest BCUT2D eigenvalue weighted by atomic mass is 10.0. The Bertz CT molecular complexity index is 129. The standard InChI is InChI=1S/C6H11FO4/c1-2-4(8)5(9)3(7)6(10)11-2/h2-6,8-10H,1H3/t2-,3+,4-,5-,6?/m0/s1. The van der Waals surface area contributed by atoms with E-state index in [9.17, 15) is 4.39 Å². The quantitative estimate of drug-likeness (QED) is 0.422. The van der Waals surface area contributed by atoms with Gasteiger partial charge in [0, 0.05) is 0 Å². The first-order valence-corrected chi connectivity index (χ1v) is 3.37. The van der Waals surface area contributed by atoms with Gasteiger partial charge in [-0.3, -0.25) is 0 Å². The third-order valence-electron chi connectivity index (χ3n) is 1.78. The van der Waals surface area contributed by atoms with Crippen LogP contribution in [0.4, 0.5) is 4.39 Å². The molecule has 1 saturated heterocycles. The van der Waals surface area contributed by atoms with Crippen LogP contribution in [-0.2, 0) is 4.74 Å². The molecule has 4 nitrogen and oxygen atoms in total. The lowest BCUT2D eigenvalue weighted by Gasteiger charge is -2.35. The Morgan fingerprint density at radius 1 is 1.18 bits per heavy atom. The molecule has 1 aliphatic heterocycles. The molecule has 0 saturated carbocycles. The van der Waals surface area contributed by atoms with E-state index in [1.807, 2.05) is 0 Å². The van der Waals surface area contributed by atoms with Gasteiger partial charge in [-0.1, -0.05) is 0 Å². The van der Waals surface area contributed by atoms with Crippen molar-refractivity contribution in [3.05, 3.63) is 0 Å². The zero-order valence-corrected chi connectivity index (χ0v) is 6.01. The van der Waals surface area contributed by atoms with Gasteiger partial charge in [0.15, 0.2) is 12.5 Å². The number of rotatable bonds is 0. The summed E-state index contributed by atoms with van der Waals surface area (Å²) in [5, 5.41) is 26.7. The van der Waals surface area contributed by atoms with Crippen molar-refractivity contribution in [1.29, 1.82) is 0 Å². The van der Waals surface area contributed by atoms with Crippen LogP contribution in [0.5, 0.6) is 0 Å². The van der Waals surface area contributed by atoms with Crippen molar-refractivity contribution < 1.29 is 24.4 Å². The van der Waals surface area contributed by atoms with E-state index in [4.69, 9.17) is 15.3 Å². The fraction of sp³-hybridized carbons (Fsp3) is 1.00. The van der Waals surface area contributed by atoms with E-state index in [-0.39, 0.29) is 0 Å². The fourth-order valence-electron chi connectivity index (χ4n) is 1.01. The van der Waals surface area contributed by atoms with E-state index < -0.39 is 30.8 Å². The molecule has 0 spiro atoms. The van der Waals surface area contributed by atoms with Gasteiger partial charge in [0.05, 0.1) is 6.10 Å². The van der Waals surface area contributed by atoms with Crippen LogP contribution in [0.3, 0.4) is 0 Å². The van der Waals surface area contributed by atoms with Gasteiger partial charge in [0.25, 0.3) is 0 Å². The van der Waals surface area contributed by atoms with Gasteiger partial charge < -0.3 is 20.1 Å². The van der Waals surface area contributed by atoms with Crippen LogP contribution in [0.15, 0.2) is 0 Å². The molecule has 11 heavy (non-hydrogen) atoms. The Hall–Kier alpha value is -0.230. The van der Waals surface area contributed by atoms with Gasteiger partial charge >= 0.3 is 0 Å². The summed E-state index contributed by atoms with van der Waals surface area (Å²) in [6.45, 7) is 1.45. The van der Waals surface area contributed by atoms with E-state index in [2.05, 4.69) is 4.74 Å². The minimum atomic E-state index is -1.93. The van der Waals surface area contributed by atoms with Crippen LogP contribution in [0, 0.1) is 0 Å². The molecule has 1 aliphatic rings.